The van der Waals surface area contributed by atoms with Gasteiger partial charge in [0.1, 0.15) is 17.9 Å². The van der Waals surface area contributed by atoms with Crippen LogP contribution < -0.4 is 10.1 Å². The molecule has 25 heavy (non-hydrogen) atoms. The molecule has 0 aliphatic rings. The van der Waals surface area contributed by atoms with Gasteiger partial charge in [0.25, 0.3) is 0 Å². The highest BCUT2D eigenvalue weighted by Gasteiger charge is 2.12. The molecule has 3 aromatic rings. The lowest BCUT2D eigenvalue weighted by Crippen LogP contribution is -2.14. The Labute approximate surface area is 156 Å². The summed E-state index contributed by atoms with van der Waals surface area (Å²) in [6, 6.07) is 7.08. The predicted molar refractivity (Wildman–Crippen MR) is 96.0 cm³/mol. The zero-order chi connectivity index (χ0) is 17.6. The van der Waals surface area contributed by atoms with E-state index in [1.54, 1.807) is 34.3 Å². The van der Waals surface area contributed by atoms with Crippen molar-refractivity contribution in [2.24, 2.45) is 7.05 Å². The lowest BCUT2D eigenvalue weighted by atomic mass is 10.3. The van der Waals surface area contributed by atoms with Gasteiger partial charge in [0.2, 0.25) is 11.0 Å². The third kappa shape index (κ3) is 4.91. The predicted octanol–water partition coefficient (Wildman–Crippen LogP) is 2.63. The van der Waals surface area contributed by atoms with Gasteiger partial charge in [0, 0.05) is 12.1 Å². The van der Waals surface area contributed by atoms with E-state index in [1.165, 1.54) is 23.1 Å². The average Bonchev–Trinajstić information content (AvgIpc) is 3.23. The highest BCUT2D eigenvalue weighted by atomic mass is 35.5. The summed E-state index contributed by atoms with van der Waals surface area (Å²) in [5.41, 5.74) is 1.55. The molecule has 3 rings (SSSR count). The number of anilines is 1. The molecule has 0 spiro atoms. The summed E-state index contributed by atoms with van der Waals surface area (Å²) < 4.78 is 7.44. The van der Waals surface area contributed by atoms with Crippen molar-refractivity contribution in [3.63, 3.8) is 0 Å². The first kappa shape index (κ1) is 17.6. The summed E-state index contributed by atoms with van der Waals surface area (Å²) in [5, 5.41) is 20.0. The van der Waals surface area contributed by atoms with Crippen LogP contribution in [0, 0.1) is 0 Å². The highest BCUT2D eigenvalue weighted by Crippen LogP contribution is 2.19. The van der Waals surface area contributed by atoms with E-state index in [9.17, 15) is 4.79 Å². The fourth-order valence-electron chi connectivity index (χ4n) is 1.79. The van der Waals surface area contributed by atoms with Gasteiger partial charge in [-0.1, -0.05) is 34.7 Å². The van der Waals surface area contributed by atoms with E-state index >= 15 is 0 Å². The van der Waals surface area contributed by atoms with Crippen LogP contribution in [-0.2, 0) is 18.4 Å². The monoisotopic (exact) mass is 396 g/mol. The van der Waals surface area contributed by atoms with Crippen molar-refractivity contribution >= 4 is 45.7 Å². The zero-order valence-electron chi connectivity index (χ0n) is 13.0. The first-order chi connectivity index (χ1) is 12.1. The number of hydrogen-bond acceptors (Lipinski definition) is 8. The largest absolute Gasteiger partial charge is 0.486 e. The molecule has 1 N–H and O–H groups in total. The number of carbonyl (C=O) groups excluding carboxylic acids is 1. The van der Waals surface area contributed by atoms with Gasteiger partial charge >= 0.3 is 0 Å². The maximum absolute atomic E-state index is 11.9. The minimum atomic E-state index is -0.177. The highest BCUT2D eigenvalue weighted by molar-refractivity contribution is 7.99. The van der Waals surface area contributed by atoms with Gasteiger partial charge < -0.3 is 9.30 Å². The molecule has 130 valence electrons. The van der Waals surface area contributed by atoms with E-state index in [0.29, 0.717) is 26.9 Å². The number of benzene rings is 1. The Bertz CT molecular complexity index is 838. The molecular formula is C14H13ClN6O2S2. The molecule has 0 unspecified atom stereocenters. The summed E-state index contributed by atoms with van der Waals surface area (Å²) in [7, 11) is 1.82. The Morgan fingerprint density at radius 3 is 2.84 bits per heavy atom. The third-order valence-electron chi connectivity index (χ3n) is 3.05. The molecule has 0 atom stereocenters. The fourth-order valence-corrected chi connectivity index (χ4v) is 3.11. The van der Waals surface area contributed by atoms with E-state index in [0.717, 1.165) is 0 Å². The molecule has 1 aromatic carbocycles. The minimum Gasteiger partial charge on any atom is -0.486 e. The number of hydrogen-bond donors (Lipinski definition) is 1. The van der Waals surface area contributed by atoms with Gasteiger partial charge in [-0.05, 0) is 24.3 Å². The average molecular weight is 397 g/mol. The Morgan fingerprint density at radius 1 is 1.32 bits per heavy atom. The van der Waals surface area contributed by atoms with Crippen molar-refractivity contribution in [2.45, 2.75) is 11.8 Å². The van der Waals surface area contributed by atoms with E-state index < -0.39 is 0 Å². The molecule has 11 heteroatoms. The normalized spacial score (nSPS) is 10.6. The molecule has 0 saturated carbocycles. The van der Waals surface area contributed by atoms with Crippen LogP contribution in [-0.4, -0.2) is 36.6 Å². The lowest BCUT2D eigenvalue weighted by Gasteiger charge is -2.06. The number of halogens is 1. The van der Waals surface area contributed by atoms with Crippen LogP contribution in [0.5, 0.6) is 5.75 Å². The van der Waals surface area contributed by atoms with Gasteiger partial charge in [0.05, 0.1) is 5.75 Å². The topological polar surface area (TPSA) is 94.8 Å². The number of aromatic nitrogens is 5. The van der Waals surface area contributed by atoms with Crippen LogP contribution in [0.15, 0.2) is 34.9 Å². The van der Waals surface area contributed by atoms with Gasteiger partial charge in [0.15, 0.2) is 11.0 Å². The number of nitrogens with one attached hydrogen (secondary N) is 1. The molecule has 0 saturated heterocycles. The number of nitrogens with zero attached hydrogens (tertiary/aromatic N) is 5. The van der Waals surface area contributed by atoms with Crippen LogP contribution >= 0.6 is 34.7 Å². The Morgan fingerprint density at radius 2 is 2.12 bits per heavy atom. The van der Waals surface area contributed by atoms with Crippen molar-refractivity contribution in [1.82, 2.24) is 25.0 Å². The Hall–Kier alpha value is -2.17. The van der Waals surface area contributed by atoms with Crippen molar-refractivity contribution < 1.29 is 9.53 Å². The van der Waals surface area contributed by atoms with Crippen LogP contribution in [0.1, 0.15) is 5.82 Å². The molecule has 1 amide bonds. The van der Waals surface area contributed by atoms with Crippen molar-refractivity contribution in [2.75, 3.05) is 11.1 Å². The van der Waals surface area contributed by atoms with Crippen molar-refractivity contribution in [3.05, 3.63) is 40.6 Å². The number of carbonyl (C=O) groups is 1. The van der Waals surface area contributed by atoms with Crippen molar-refractivity contribution in [3.8, 4) is 5.75 Å². The summed E-state index contributed by atoms with van der Waals surface area (Å²) in [6.07, 6.45) is 0. The van der Waals surface area contributed by atoms with Crippen LogP contribution in [0.2, 0.25) is 5.02 Å². The quantitative estimate of drug-likeness (QED) is 0.613. The van der Waals surface area contributed by atoms with Crippen LogP contribution in [0.25, 0.3) is 0 Å². The Balaban J connectivity index is 1.52. The number of rotatable bonds is 7. The first-order valence-electron chi connectivity index (χ1n) is 7.07. The SMILES string of the molecule is Cn1c(COc2ccc(Cl)cc2)nnc1SCC(=O)Nc1nncs1. The van der Waals surface area contributed by atoms with Gasteiger partial charge in [-0.2, -0.15) is 0 Å². The van der Waals surface area contributed by atoms with E-state index in [2.05, 4.69) is 25.7 Å². The zero-order valence-corrected chi connectivity index (χ0v) is 15.4. The second-order valence-electron chi connectivity index (χ2n) is 4.78. The number of thioether (sulfide) groups is 1. The summed E-state index contributed by atoms with van der Waals surface area (Å²) >= 11 is 8.38. The molecule has 2 heterocycles. The molecule has 8 nitrogen and oxygen atoms in total. The maximum atomic E-state index is 11.9. The van der Waals surface area contributed by atoms with Crippen LogP contribution in [0.4, 0.5) is 5.13 Å². The molecule has 0 bridgehead atoms. The standard InChI is InChI=1S/C14H13ClN6O2S2/c1-21-11(6-23-10-4-2-9(15)3-5-10)18-20-14(21)24-7-12(22)17-13-19-16-8-25-13/h2-5,8H,6-7H2,1H3,(H,17,19,22). The maximum Gasteiger partial charge on any atom is 0.236 e. The van der Waals surface area contributed by atoms with E-state index in [4.69, 9.17) is 16.3 Å². The molecule has 0 aliphatic carbocycles. The second kappa shape index (κ2) is 8.28. The second-order valence-corrected chi connectivity index (χ2v) is 6.99. The Kier molecular flexibility index (Phi) is 5.84. The molecule has 0 radical (unpaired) electrons. The van der Waals surface area contributed by atoms with Crippen LogP contribution in [0.3, 0.4) is 0 Å². The molecule has 0 fully saturated rings. The van der Waals surface area contributed by atoms with Crippen molar-refractivity contribution in [1.29, 1.82) is 0 Å². The molecule has 2 aromatic heterocycles. The van der Waals surface area contributed by atoms with E-state index in [1.807, 2.05) is 7.05 Å². The minimum absolute atomic E-state index is 0.177. The van der Waals surface area contributed by atoms with E-state index in [-0.39, 0.29) is 18.3 Å². The first-order valence-corrected chi connectivity index (χ1v) is 9.31. The molecular weight excluding hydrogens is 384 g/mol. The lowest BCUT2D eigenvalue weighted by molar-refractivity contribution is -0.113. The number of amides is 1. The smallest absolute Gasteiger partial charge is 0.236 e. The summed E-state index contributed by atoms with van der Waals surface area (Å²) in [6.45, 7) is 0.267. The van der Waals surface area contributed by atoms with Gasteiger partial charge in [-0.3, -0.25) is 10.1 Å². The number of ether oxygens (including phenoxy) is 1. The van der Waals surface area contributed by atoms with Gasteiger partial charge in [-0.25, -0.2) is 0 Å². The summed E-state index contributed by atoms with van der Waals surface area (Å²) in [5.74, 6) is 1.37. The van der Waals surface area contributed by atoms with Gasteiger partial charge in [-0.15, -0.1) is 20.4 Å². The summed E-state index contributed by atoms with van der Waals surface area (Å²) in [4.78, 5) is 11.9. The third-order valence-corrected chi connectivity index (χ3v) is 4.92. The fraction of sp³-hybridized carbons (Fsp3) is 0.214. The molecule has 0 aliphatic heterocycles.